The molecule has 0 bridgehead atoms. The number of allylic oxidation sites excluding steroid dienone is 1. The SMILES string of the molecule is COc1ccc([C@@H]2C(C#N)=C(N)O[C@@H]3[C@@H]2C(C)=NN3c2ccccc2)cc1. The minimum absolute atomic E-state index is 0.111. The van der Waals surface area contributed by atoms with Crippen LogP contribution in [0.25, 0.3) is 0 Å². The number of fused-ring (bicyclic) bond motifs is 1. The number of nitrogens with zero attached hydrogens (tertiary/aromatic N) is 3. The lowest BCUT2D eigenvalue weighted by Crippen LogP contribution is -2.43. The van der Waals surface area contributed by atoms with Gasteiger partial charge in [0.1, 0.15) is 11.8 Å². The van der Waals surface area contributed by atoms with Gasteiger partial charge in [-0.15, -0.1) is 0 Å². The first-order valence-electron chi connectivity index (χ1n) is 8.73. The summed E-state index contributed by atoms with van der Waals surface area (Å²) in [4.78, 5) is 0. The predicted octanol–water partition coefficient (Wildman–Crippen LogP) is 3.34. The Labute approximate surface area is 158 Å². The molecule has 2 aliphatic rings. The Morgan fingerprint density at radius 2 is 1.85 bits per heavy atom. The van der Waals surface area contributed by atoms with Gasteiger partial charge in [-0.2, -0.15) is 10.4 Å². The highest BCUT2D eigenvalue weighted by Gasteiger charge is 2.48. The van der Waals surface area contributed by atoms with Crippen molar-refractivity contribution in [1.29, 1.82) is 5.26 Å². The first kappa shape index (κ1) is 17.0. The summed E-state index contributed by atoms with van der Waals surface area (Å²) < 4.78 is 11.2. The zero-order chi connectivity index (χ0) is 19.0. The summed E-state index contributed by atoms with van der Waals surface area (Å²) in [5.41, 5.74) is 9.40. The summed E-state index contributed by atoms with van der Waals surface area (Å²) in [5.74, 6) is 0.587. The lowest BCUT2D eigenvalue weighted by atomic mass is 9.76. The Balaban J connectivity index is 1.79. The van der Waals surface area contributed by atoms with Gasteiger partial charge in [-0.25, -0.2) is 5.01 Å². The third kappa shape index (κ3) is 2.77. The van der Waals surface area contributed by atoms with Crippen LogP contribution in [0.5, 0.6) is 5.75 Å². The van der Waals surface area contributed by atoms with Gasteiger partial charge in [-0.3, -0.25) is 0 Å². The molecule has 0 saturated heterocycles. The number of nitrogens with two attached hydrogens (primary N) is 1. The predicted molar refractivity (Wildman–Crippen MR) is 103 cm³/mol. The lowest BCUT2D eigenvalue weighted by molar-refractivity contribution is 0.0662. The van der Waals surface area contributed by atoms with Crippen molar-refractivity contribution in [2.75, 3.05) is 12.1 Å². The highest BCUT2D eigenvalue weighted by molar-refractivity contribution is 5.90. The topological polar surface area (TPSA) is 83.9 Å². The molecule has 6 nitrogen and oxygen atoms in total. The molecule has 0 amide bonds. The van der Waals surface area contributed by atoms with E-state index in [9.17, 15) is 5.26 Å². The largest absolute Gasteiger partial charge is 0.497 e. The molecular weight excluding hydrogens is 340 g/mol. The minimum Gasteiger partial charge on any atom is -0.497 e. The highest BCUT2D eigenvalue weighted by Crippen LogP contribution is 2.45. The van der Waals surface area contributed by atoms with Gasteiger partial charge in [-0.05, 0) is 36.8 Å². The molecule has 136 valence electrons. The summed E-state index contributed by atoms with van der Waals surface area (Å²) in [6.45, 7) is 1.97. The Morgan fingerprint density at radius 3 is 2.48 bits per heavy atom. The molecule has 0 aromatic heterocycles. The van der Waals surface area contributed by atoms with Crippen LogP contribution in [0.3, 0.4) is 0 Å². The maximum absolute atomic E-state index is 9.74. The summed E-state index contributed by atoms with van der Waals surface area (Å²) in [5, 5.41) is 16.3. The van der Waals surface area contributed by atoms with Gasteiger partial charge >= 0.3 is 0 Å². The van der Waals surface area contributed by atoms with Gasteiger partial charge in [0.15, 0.2) is 0 Å². The van der Waals surface area contributed by atoms with Gasteiger partial charge < -0.3 is 15.2 Å². The first-order valence-corrected chi connectivity index (χ1v) is 8.73. The molecule has 4 rings (SSSR count). The van der Waals surface area contributed by atoms with E-state index in [1.807, 2.05) is 66.5 Å². The van der Waals surface area contributed by atoms with Crippen molar-refractivity contribution >= 4 is 11.4 Å². The van der Waals surface area contributed by atoms with Crippen LogP contribution in [-0.4, -0.2) is 19.0 Å². The van der Waals surface area contributed by atoms with E-state index in [4.69, 9.17) is 20.3 Å². The molecule has 0 saturated carbocycles. The summed E-state index contributed by atoms with van der Waals surface area (Å²) >= 11 is 0. The fraction of sp³-hybridized carbons (Fsp3) is 0.238. The molecule has 2 aromatic carbocycles. The number of hydrazone groups is 1. The maximum atomic E-state index is 9.74. The normalized spacial score (nSPS) is 24.0. The average Bonchev–Trinajstić information content (AvgIpc) is 3.03. The van der Waals surface area contributed by atoms with Gasteiger partial charge in [0, 0.05) is 11.6 Å². The van der Waals surface area contributed by atoms with Crippen LogP contribution in [0.4, 0.5) is 5.69 Å². The molecule has 2 N–H and O–H groups in total. The second-order valence-electron chi connectivity index (χ2n) is 6.60. The van der Waals surface area contributed by atoms with Crippen LogP contribution in [0.15, 0.2) is 71.2 Å². The van der Waals surface area contributed by atoms with E-state index in [-0.39, 0.29) is 17.7 Å². The number of anilines is 1. The summed E-state index contributed by atoms with van der Waals surface area (Å²) in [6.07, 6.45) is -0.392. The molecule has 3 atom stereocenters. The van der Waals surface area contributed by atoms with E-state index in [0.29, 0.717) is 5.57 Å². The molecule has 2 heterocycles. The standard InChI is InChI=1S/C21H20N4O2/c1-13-18-19(14-8-10-16(26-2)11-9-14)17(12-22)20(23)27-21(18)25(24-13)15-6-4-3-5-7-15/h3-11,18-19,21H,23H2,1-2H3/t18-,19-,21-/m1/s1. The number of nitriles is 1. The lowest BCUT2D eigenvalue weighted by Gasteiger charge is -2.37. The number of rotatable bonds is 3. The Morgan fingerprint density at radius 1 is 1.15 bits per heavy atom. The minimum atomic E-state index is -0.392. The molecule has 6 heteroatoms. The van der Waals surface area contributed by atoms with Crippen LogP contribution in [0.1, 0.15) is 18.4 Å². The van der Waals surface area contributed by atoms with Gasteiger partial charge in [-0.1, -0.05) is 30.3 Å². The molecule has 2 aromatic rings. The average molecular weight is 360 g/mol. The zero-order valence-electron chi connectivity index (χ0n) is 15.2. The first-order chi connectivity index (χ1) is 13.1. The Kier molecular flexibility index (Phi) is 4.21. The van der Waals surface area contributed by atoms with E-state index in [2.05, 4.69) is 6.07 Å². The quantitative estimate of drug-likeness (QED) is 0.907. The zero-order valence-corrected chi connectivity index (χ0v) is 15.2. The van der Waals surface area contributed by atoms with E-state index >= 15 is 0 Å². The van der Waals surface area contributed by atoms with Gasteiger partial charge in [0.25, 0.3) is 0 Å². The van der Waals surface area contributed by atoms with Gasteiger partial charge in [0.05, 0.1) is 24.3 Å². The summed E-state index contributed by atoms with van der Waals surface area (Å²) in [7, 11) is 1.63. The molecule has 27 heavy (non-hydrogen) atoms. The van der Waals surface area contributed by atoms with Crippen LogP contribution in [-0.2, 0) is 4.74 Å². The van der Waals surface area contributed by atoms with Crippen molar-refractivity contribution < 1.29 is 9.47 Å². The molecule has 0 fully saturated rings. The number of hydrogen-bond acceptors (Lipinski definition) is 6. The van der Waals surface area contributed by atoms with Crippen molar-refractivity contribution in [2.24, 2.45) is 16.8 Å². The van der Waals surface area contributed by atoms with E-state index in [0.717, 1.165) is 22.7 Å². The number of benzene rings is 2. The molecule has 0 unspecified atom stereocenters. The molecular formula is C21H20N4O2. The van der Waals surface area contributed by atoms with Crippen molar-refractivity contribution in [3.05, 3.63) is 71.6 Å². The highest BCUT2D eigenvalue weighted by atomic mass is 16.5. The van der Waals surface area contributed by atoms with Crippen LogP contribution in [0.2, 0.25) is 0 Å². The van der Waals surface area contributed by atoms with Crippen LogP contribution < -0.4 is 15.5 Å². The third-order valence-electron chi connectivity index (χ3n) is 5.10. The fourth-order valence-electron chi connectivity index (χ4n) is 3.80. The number of ether oxygens (including phenoxy) is 2. The molecule has 0 spiro atoms. The molecule has 0 aliphatic carbocycles. The van der Waals surface area contributed by atoms with Crippen molar-refractivity contribution in [2.45, 2.75) is 19.1 Å². The molecule has 2 aliphatic heterocycles. The van der Waals surface area contributed by atoms with Crippen LogP contribution >= 0.6 is 0 Å². The smallest absolute Gasteiger partial charge is 0.202 e. The van der Waals surface area contributed by atoms with E-state index in [1.54, 1.807) is 7.11 Å². The van der Waals surface area contributed by atoms with Gasteiger partial charge in [0.2, 0.25) is 12.1 Å². The van der Waals surface area contributed by atoms with Crippen molar-refractivity contribution in [1.82, 2.24) is 0 Å². The second-order valence-corrected chi connectivity index (χ2v) is 6.60. The summed E-state index contributed by atoms with van der Waals surface area (Å²) in [6, 6.07) is 19.8. The van der Waals surface area contributed by atoms with Crippen molar-refractivity contribution in [3.63, 3.8) is 0 Å². The Bertz CT molecular complexity index is 944. The fourth-order valence-corrected chi connectivity index (χ4v) is 3.80. The second kappa shape index (κ2) is 6.69. The number of hydrogen-bond donors (Lipinski definition) is 1. The number of methoxy groups -OCH3 is 1. The maximum Gasteiger partial charge on any atom is 0.202 e. The third-order valence-corrected chi connectivity index (χ3v) is 5.10. The van der Waals surface area contributed by atoms with E-state index in [1.165, 1.54) is 0 Å². The monoisotopic (exact) mass is 360 g/mol. The van der Waals surface area contributed by atoms with Crippen LogP contribution in [0, 0.1) is 17.2 Å². The van der Waals surface area contributed by atoms with E-state index < -0.39 is 6.23 Å². The Hall–Kier alpha value is -3.46. The number of para-hydroxylation sites is 1. The van der Waals surface area contributed by atoms with Crippen molar-refractivity contribution in [3.8, 4) is 11.8 Å². The molecule has 0 radical (unpaired) electrons.